The van der Waals surface area contributed by atoms with Gasteiger partial charge in [-0.3, -0.25) is 4.79 Å². The van der Waals surface area contributed by atoms with Crippen molar-refractivity contribution in [2.24, 2.45) is 5.73 Å². The Morgan fingerprint density at radius 3 is 1.95 bits per heavy atom. The van der Waals surface area contributed by atoms with Gasteiger partial charge < -0.3 is 26.2 Å². The van der Waals surface area contributed by atoms with Crippen molar-refractivity contribution in [1.29, 1.82) is 0 Å². The highest BCUT2D eigenvalue weighted by Crippen LogP contribution is 2.29. The lowest BCUT2D eigenvalue weighted by Crippen LogP contribution is -2.45. The van der Waals surface area contributed by atoms with Gasteiger partial charge in [0.1, 0.15) is 22.0 Å². The summed E-state index contributed by atoms with van der Waals surface area (Å²) >= 11 is 17.6. The molecule has 2 aliphatic rings. The Kier molecular flexibility index (Phi) is 11.0. The standard InChI is InChI=1S/C19H18Cl2N2O2.C14H16ClNO/c20-14-4-1-3-13(11-14)8-10-19(25)9-2-5-15(12-19)22-18(24)16-6-7-17(21)23-16;15-12-4-1-3-11(9-12)6-8-14(17)7-2-5-13(16)10-14/h1,3-4,6-7,11,15,23,25H,2,5,9,12H2,(H,22,24);1,3-4,9,13,17H,2,5,7,10,16H2/t15-,19+;13-,14+/m10/s1. The number of carbonyl (C=O) groups is 1. The van der Waals surface area contributed by atoms with Gasteiger partial charge in [-0.25, -0.2) is 0 Å². The Morgan fingerprint density at radius 2 is 1.43 bits per heavy atom. The zero-order chi connectivity index (χ0) is 30.2. The summed E-state index contributed by atoms with van der Waals surface area (Å²) < 4.78 is 0. The molecule has 0 spiro atoms. The van der Waals surface area contributed by atoms with Gasteiger partial charge in [-0.1, -0.05) is 70.6 Å². The van der Waals surface area contributed by atoms with Crippen LogP contribution in [0.15, 0.2) is 60.7 Å². The molecule has 9 heteroatoms. The summed E-state index contributed by atoms with van der Waals surface area (Å²) in [7, 11) is 0. The molecule has 2 aromatic carbocycles. The average molecular weight is 627 g/mol. The Hall–Kier alpha value is -2.94. The molecule has 1 heterocycles. The molecule has 0 bridgehead atoms. The molecule has 4 atom stereocenters. The van der Waals surface area contributed by atoms with Gasteiger partial charge in [0, 0.05) is 46.1 Å². The first kappa shape index (κ1) is 32.0. The van der Waals surface area contributed by atoms with E-state index < -0.39 is 11.2 Å². The van der Waals surface area contributed by atoms with Crippen molar-refractivity contribution in [3.05, 3.63) is 92.7 Å². The largest absolute Gasteiger partial charge is 0.378 e. The molecule has 2 aliphatic carbocycles. The fraction of sp³-hybridized carbons (Fsp3) is 0.364. The topological polar surface area (TPSA) is 111 Å². The van der Waals surface area contributed by atoms with Crippen LogP contribution in [0, 0.1) is 23.7 Å². The highest BCUT2D eigenvalue weighted by Gasteiger charge is 2.34. The predicted molar refractivity (Wildman–Crippen MR) is 169 cm³/mol. The van der Waals surface area contributed by atoms with Gasteiger partial charge in [-0.2, -0.15) is 0 Å². The number of aromatic amines is 1. The molecule has 3 aromatic rings. The lowest BCUT2D eigenvalue weighted by atomic mass is 9.82. The Morgan fingerprint density at radius 1 is 0.857 bits per heavy atom. The maximum atomic E-state index is 12.2. The zero-order valence-electron chi connectivity index (χ0n) is 23.1. The Labute approximate surface area is 262 Å². The van der Waals surface area contributed by atoms with Crippen LogP contribution in [-0.2, 0) is 0 Å². The second-order valence-electron chi connectivity index (χ2n) is 10.9. The minimum Gasteiger partial charge on any atom is -0.378 e. The molecule has 42 heavy (non-hydrogen) atoms. The summed E-state index contributed by atoms with van der Waals surface area (Å²) in [4.78, 5) is 15.0. The van der Waals surface area contributed by atoms with E-state index in [1.54, 1.807) is 36.4 Å². The molecule has 220 valence electrons. The van der Waals surface area contributed by atoms with Gasteiger partial charge in [0.2, 0.25) is 0 Å². The van der Waals surface area contributed by atoms with Crippen molar-refractivity contribution in [3.63, 3.8) is 0 Å². The number of rotatable bonds is 2. The number of aromatic nitrogens is 1. The van der Waals surface area contributed by atoms with Crippen molar-refractivity contribution in [2.45, 2.75) is 74.7 Å². The van der Waals surface area contributed by atoms with E-state index in [1.807, 2.05) is 24.3 Å². The van der Waals surface area contributed by atoms with Gasteiger partial charge in [-0.05, 0) is 87.1 Å². The summed E-state index contributed by atoms with van der Waals surface area (Å²) in [6, 6.07) is 17.7. The third-order valence-electron chi connectivity index (χ3n) is 7.25. The van der Waals surface area contributed by atoms with Crippen molar-refractivity contribution >= 4 is 40.7 Å². The van der Waals surface area contributed by atoms with Crippen molar-refractivity contribution in [3.8, 4) is 23.7 Å². The molecule has 0 aliphatic heterocycles. The number of H-pyrrole nitrogens is 1. The number of hydrogen-bond acceptors (Lipinski definition) is 4. The van der Waals surface area contributed by atoms with Crippen molar-refractivity contribution in [2.75, 3.05) is 0 Å². The van der Waals surface area contributed by atoms with Crippen molar-refractivity contribution in [1.82, 2.24) is 10.3 Å². The van der Waals surface area contributed by atoms with E-state index in [4.69, 9.17) is 40.5 Å². The molecule has 2 fully saturated rings. The van der Waals surface area contributed by atoms with E-state index in [1.165, 1.54) is 0 Å². The van der Waals surface area contributed by atoms with Gasteiger partial charge in [0.05, 0.1) is 0 Å². The lowest BCUT2D eigenvalue weighted by Gasteiger charge is -2.33. The van der Waals surface area contributed by atoms with Crippen LogP contribution in [-0.4, -0.2) is 44.4 Å². The maximum absolute atomic E-state index is 12.2. The molecule has 1 amide bonds. The third kappa shape index (κ3) is 9.82. The number of nitrogens with one attached hydrogen (secondary N) is 2. The average Bonchev–Trinajstić information content (AvgIpc) is 3.38. The molecule has 0 unspecified atom stereocenters. The number of hydrogen-bond donors (Lipinski definition) is 5. The summed E-state index contributed by atoms with van der Waals surface area (Å²) in [5, 5.41) is 25.7. The van der Waals surface area contributed by atoms with Crippen LogP contribution in [0.2, 0.25) is 15.2 Å². The third-order valence-corrected chi connectivity index (χ3v) is 7.94. The Bertz CT molecular complexity index is 1520. The minimum atomic E-state index is -1.12. The van der Waals surface area contributed by atoms with E-state index in [2.05, 4.69) is 34.0 Å². The summed E-state index contributed by atoms with van der Waals surface area (Å²) in [5.41, 5.74) is 5.79. The quantitative estimate of drug-likeness (QED) is 0.221. The maximum Gasteiger partial charge on any atom is 0.267 e. The van der Waals surface area contributed by atoms with E-state index in [9.17, 15) is 15.0 Å². The lowest BCUT2D eigenvalue weighted by molar-refractivity contribution is 0.0451. The highest BCUT2D eigenvalue weighted by atomic mass is 35.5. The normalized spacial score (nSPS) is 25.0. The van der Waals surface area contributed by atoms with Crippen LogP contribution in [0.1, 0.15) is 73.0 Å². The molecule has 2 saturated carbocycles. The summed E-state index contributed by atoms with van der Waals surface area (Å²) in [5.74, 6) is 11.6. The molecular formula is C33H34Cl3N3O3. The zero-order valence-corrected chi connectivity index (χ0v) is 25.4. The summed E-state index contributed by atoms with van der Waals surface area (Å²) in [6.07, 6.45) is 5.73. The second-order valence-corrected chi connectivity index (χ2v) is 12.2. The molecule has 6 N–H and O–H groups in total. The molecule has 0 radical (unpaired) electrons. The second kappa shape index (κ2) is 14.5. The number of halogens is 3. The van der Waals surface area contributed by atoms with Crippen LogP contribution < -0.4 is 11.1 Å². The van der Waals surface area contributed by atoms with Crippen LogP contribution in [0.4, 0.5) is 0 Å². The van der Waals surface area contributed by atoms with Gasteiger partial charge >= 0.3 is 0 Å². The first-order chi connectivity index (χ1) is 20.0. The minimum absolute atomic E-state index is 0.0578. The van der Waals surface area contributed by atoms with E-state index in [-0.39, 0.29) is 18.0 Å². The smallest absolute Gasteiger partial charge is 0.267 e. The number of amides is 1. The number of carbonyl (C=O) groups excluding carboxylic acids is 1. The molecule has 6 nitrogen and oxygen atoms in total. The van der Waals surface area contributed by atoms with E-state index in [0.717, 1.165) is 36.8 Å². The van der Waals surface area contributed by atoms with Gasteiger partial charge in [0.25, 0.3) is 5.91 Å². The van der Waals surface area contributed by atoms with Crippen LogP contribution in [0.5, 0.6) is 0 Å². The van der Waals surface area contributed by atoms with Gasteiger partial charge in [0.15, 0.2) is 0 Å². The van der Waals surface area contributed by atoms with Crippen LogP contribution in [0.3, 0.4) is 0 Å². The molecule has 5 rings (SSSR count). The Balaban J connectivity index is 0.000000208. The predicted octanol–water partition coefficient (Wildman–Crippen LogP) is 6.10. The first-order valence-electron chi connectivity index (χ1n) is 13.9. The first-order valence-corrected chi connectivity index (χ1v) is 15.1. The van der Waals surface area contributed by atoms with Crippen molar-refractivity contribution < 1.29 is 15.0 Å². The van der Waals surface area contributed by atoms with E-state index >= 15 is 0 Å². The fourth-order valence-corrected chi connectivity index (χ4v) is 5.72. The van der Waals surface area contributed by atoms with Gasteiger partial charge in [-0.15, -0.1) is 0 Å². The molecular weight excluding hydrogens is 593 g/mol. The number of nitrogens with two attached hydrogens (primary N) is 1. The molecule has 1 aromatic heterocycles. The monoisotopic (exact) mass is 625 g/mol. The summed E-state index contributed by atoms with van der Waals surface area (Å²) in [6.45, 7) is 0. The SMILES string of the molecule is N[C@H]1CCC[C@@](O)(C#Cc2cccc(Cl)c2)C1.O=C(N[C@@H]1CCC[C@](O)(C#Cc2cccc(Cl)c2)C1)c1ccc(Cl)[nH]1. The van der Waals surface area contributed by atoms with Crippen LogP contribution in [0.25, 0.3) is 0 Å². The van der Waals surface area contributed by atoms with E-state index in [0.29, 0.717) is 46.6 Å². The van der Waals surface area contributed by atoms with Crippen LogP contribution >= 0.6 is 34.8 Å². The molecule has 0 saturated heterocycles. The fourth-order valence-electron chi connectivity index (χ4n) is 5.17. The number of benzene rings is 2. The number of aliphatic hydroxyl groups is 2. The highest BCUT2D eigenvalue weighted by molar-refractivity contribution is 6.31.